The molecule has 1 saturated heterocycles. The molecule has 0 saturated carbocycles. The SMILES string of the molecule is O=C(CCN1CCN(Cc2ccccc2)CC1)N1CCc2c([nH]c(=O)c3ccccc23)C1. The molecule has 2 aliphatic rings. The van der Waals surface area contributed by atoms with Gasteiger partial charge in [0, 0.05) is 63.3 Å². The molecular weight excluding hydrogens is 400 g/mol. The zero-order chi connectivity index (χ0) is 21.9. The number of amides is 1. The van der Waals surface area contributed by atoms with Crippen LogP contribution in [0.3, 0.4) is 0 Å². The molecule has 1 N–H and O–H groups in total. The Bertz CT molecular complexity index is 1150. The second-order valence-corrected chi connectivity index (χ2v) is 8.88. The third-order valence-corrected chi connectivity index (χ3v) is 6.81. The summed E-state index contributed by atoms with van der Waals surface area (Å²) in [5.74, 6) is 0.177. The predicted molar refractivity (Wildman–Crippen MR) is 126 cm³/mol. The van der Waals surface area contributed by atoms with E-state index in [2.05, 4.69) is 45.1 Å². The fourth-order valence-corrected chi connectivity index (χ4v) is 4.96. The fourth-order valence-electron chi connectivity index (χ4n) is 4.96. The summed E-state index contributed by atoms with van der Waals surface area (Å²) in [5, 5.41) is 1.75. The topological polar surface area (TPSA) is 59.7 Å². The fraction of sp³-hybridized carbons (Fsp3) is 0.385. The Hall–Kier alpha value is -2.96. The number of hydrogen-bond donors (Lipinski definition) is 1. The maximum atomic E-state index is 12.9. The van der Waals surface area contributed by atoms with Gasteiger partial charge in [0.2, 0.25) is 5.91 Å². The summed E-state index contributed by atoms with van der Waals surface area (Å²) in [4.78, 5) is 35.1. The van der Waals surface area contributed by atoms with Crippen LogP contribution in [0.25, 0.3) is 10.8 Å². The van der Waals surface area contributed by atoms with Crippen molar-refractivity contribution in [3.05, 3.63) is 81.8 Å². The highest BCUT2D eigenvalue weighted by molar-refractivity contribution is 5.86. The third kappa shape index (κ3) is 4.47. The predicted octanol–water partition coefficient (Wildman–Crippen LogP) is 2.62. The van der Waals surface area contributed by atoms with Gasteiger partial charge < -0.3 is 14.8 Å². The minimum Gasteiger partial charge on any atom is -0.336 e. The molecule has 0 spiro atoms. The van der Waals surface area contributed by atoms with E-state index in [9.17, 15) is 9.59 Å². The second-order valence-electron chi connectivity index (χ2n) is 8.88. The molecule has 3 aromatic rings. The number of fused-ring (bicyclic) bond motifs is 3. The number of aromatic amines is 1. The highest BCUT2D eigenvalue weighted by atomic mass is 16.2. The molecule has 1 amide bonds. The minimum absolute atomic E-state index is 0.0676. The second kappa shape index (κ2) is 9.27. The van der Waals surface area contributed by atoms with Crippen molar-refractivity contribution in [2.24, 2.45) is 0 Å². The van der Waals surface area contributed by atoms with Gasteiger partial charge in [-0.15, -0.1) is 0 Å². The summed E-state index contributed by atoms with van der Waals surface area (Å²) in [5.41, 5.74) is 3.36. The summed E-state index contributed by atoms with van der Waals surface area (Å²) >= 11 is 0. The van der Waals surface area contributed by atoms with Crippen LogP contribution in [0.15, 0.2) is 59.4 Å². The average Bonchev–Trinajstić information content (AvgIpc) is 2.84. The van der Waals surface area contributed by atoms with Crippen molar-refractivity contribution >= 4 is 16.7 Å². The summed E-state index contributed by atoms with van der Waals surface area (Å²) in [6.07, 6.45) is 1.32. The van der Waals surface area contributed by atoms with E-state index in [0.717, 1.165) is 62.2 Å². The Balaban J connectivity index is 1.13. The van der Waals surface area contributed by atoms with Gasteiger partial charge in [-0.25, -0.2) is 0 Å². The highest BCUT2D eigenvalue weighted by Gasteiger charge is 2.24. The van der Waals surface area contributed by atoms with E-state index in [4.69, 9.17) is 0 Å². The van der Waals surface area contributed by atoms with Crippen LogP contribution >= 0.6 is 0 Å². The number of nitrogens with one attached hydrogen (secondary N) is 1. The Labute approximate surface area is 188 Å². The van der Waals surface area contributed by atoms with Crippen LogP contribution in [-0.2, 0) is 24.3 Å². The van der Waals surface area contributed by atoms with Gasteiger partial charge in [-0.1, -0.05) is 48.5 Å². The van der Waals surface area contributed by atoms with Gasteiger partial charge >= 0.3 is 0 Å². The maximum absolute atomic E-state index is 12.9. The Kier molecular flexibility index (Phi) is 6.06. The molecule has 6 heteroatoms. The van der Waals surface area contributed by atoms with Crippen LogP contribution in [0.2, 0.25) is 0 Å². The molecule has 32 heavy (non-hydrogen) atoms. The van der Waals surface area contributed by atoms with E-state index in [-0.39, 0.29) is 11.5 Å². The maximum Gasteiger partial charge on any atom is 0.256 e. The normalized spacial score (nSPS) is 17.4. The lowest BCUT2D eigenvalue weighted by molar-refractivity contribution is -0.132. The Morgan fingerprint density at radius 1 is 0.844 bits per heavy atom. The van der Waals surface area contributed by atoms with Gasteiger partial charge in [0.15, 0.2) is 0 Å². The van der Waals surface area contributed by atoms with Crippen LogP contribution in [0, 0.1) is 0 Å². The minimum atomic E-state index is -0.0676. The summed E-state index contributed by atoms with van der Waals surface area (Å²) in [6, 6.07) is 18.3. The summed E-state index contributed by atoms with van der Waals surface area (Å²) in [6.45, 7) is 7.09. The van der Waals surface area contributed by atoms with Crippen LogP contribution in [0.1, 0.15) is 23.2 Å². The van der Waals surface area contributed by atoms with Crippen molar-refractivity contribution < 1.29 is 4.79 Å². The first-order valence-corrected chi connectivity index (χ1v) is 11.6. The number of hydrogen-bond acceptors (Lipinski definition) is 4. The van der Waals surface area contributed by atoms with Crippen molar-refractivity contribution in [2.45, 2.75) is 25.9 Å². The molecule has 0 unspecified atom stereocenters. The lowest BCUT2D eigenvalue weighted by atomic mass is 9.98. The molecule has 5 rings (SSSR count). The number of nitrogens with zero attached hydrogens (tertiary/aromatic N) is 3. The highest BCUT2D eigenvalue weighted by Crippen LogP contribution is 2.24. The Morgan fingerprint density at radius 2 is 1.53 bits per heavy atom. The van der Waals surface area contributed by atoms with Gasteiger partial charge in [-0.2, -0.15) is 0 Å². The van der Waals surface area contributed by atoms with E-state index in [1.54, 1.807) is 0 Å². The first kappa shape index (κ1) is 20.9. The first-order chi connectivity index (χ1) is 15.7. The zero-order valence-corrected chi connectivity index (χ0v) is 18.4. The number of carbonyl (C=O) groups excluding carboxylic acids is 1. The van der Waals surface area contributed by atoms with Crippen molar-refractivity contribution in [3.8, 4) is 0 Å². The molecular formula is C26H30N4O2. The van der Waals surface area contributed by atoms with Gasteiger partial charge in [0.1, 0.15) is 0 Å². The molecule has 2 aliphatic heterocycles. The monoisotopic (exact) mass is 430 g/mol. The van der Waals surface area contributed by atoms with Crippen LogP contribution in [0.4, 0.5) is 0 Å². The lowest BCUT2D eigenvalue weighted by Crippen LogP contribution is -2.47. The summed E-state index contributed by atoms with van der Waals surface area (Å²) < 4.78 is 0. The zero-order valence-electron chi connectivity index (χ0n) is 18.4. The average molecular weight is 431 g/mol. The Morgan fingerprint density at radius 3 is 2.31 bits per heavy atom. The van der Waals surface area contributed by atoms with Crippen molar-refractivity contribution in [2.75, 3.05) is 39.3 Å². The molecule has 0 radical (unpaired) electrons. The largest absolute Gasteiger partial charge is 0.336 e. The van der Waals surface area contributed by atoms with Crippen molar-refractivity contribution in [1.29, 1.82) is 0 Å². The number of aromatic nitrogens is 1. The van der Waals surface area contributed by atoms with Crippen molar-refractivity contribution in [3.63, 3.8) is 0 Å². The van der Waals surface area contributed by atoms with Gasteiger partial charge in [-0.3, -0.25) is 14.5 Å². The smallest absolute Gasteiger partial charge is 0.256 e. The molecule has 1 aromatic heterocycles. The van der Waals surface area contributed by atoms with Crippen LogP contribution < -0.4 is 5.56 Å². The standard InChI is InChI=1S/C26H30N4O2/c31-25(11-12-28-14-16-29(17-15-28)18-20-6-2-1-3-7-20)30-13-10-22-21-8-4-5-9-23(21)26(32)27-24(22)19-30/h1-9H,10-19H2,(H,27,32). The van der Waals surface area contributed by atoms with Gasteiger partial charge in [0.25, 0.3) is 5.56 Å². The van der Waals surface area contributed by atoms with E-state index >= 15 is 0 Å². The van der Waals surface area contributed by atoms with Crippen LogP contribution in [-0.4, -0.2) is 64.9 Å². The lowest BCUT2D eigenvalue weighted by Gasteiger charge is -2.35. The molecule has 3 heterocycles. The first-order valence-electron chi connectivity index (χ1n) is 11.6. The quantitative estimate of drug-likeness (QED) is 0.676. The molecule has 0 atom stereocenters. The van der Waals surface area contributed by atoms with E-state index in [0.29, 0.717) is 19.5 Å². The number of benzene rings is 2. The number of rotatable bonds is 5. The van der Waals surface area contributed by atoms with E-state index < -0.39 is 0 Å². The molecule has 0 bridgehead atoms. The number of carbonyl (C=O) groups is 1. The molecule has 1 fully saturated rings. The van der Waals surface area contributed by atoms with E-state index in [1.807, 2.05) is 29.2 Å². The van der Waals surface area contributed by atoms with Crippen LogP contribution in [0.5, 0.6) is 0 Å². The third-order valence-electron chi connectivity index (χ3n) is 6.81. The molecule has 166 valence electrons. The van der Waals surface area contributed by atoms with Gasteiger partial charge in [0.05, 0.1) is 6.54 Å². The van der Waals surface area contributed by atoms with Gasteiger partial charge in [-0.05, 0) is 29.0 Å². The molecule has 6 nitrogen and oxygen atoms in total. The molecule has 2 aromatic carbocycles. The number of H-pyrrole nitrogens is 1. The number of pyridine rings is 1. The molecule has 0 aliphatic carbocycles. The van der Waals surface area contributed by atoms with Crippen molar-refractivity contribution in [1.82, 2.24) is 19.7 Å². The number of piperazine rings is 1. The van der Waals surface area contributed by atoms with E-state index in [1.165, 1.54) is 11.1 Å². The summed E-state index contributed by atoms with van der Waals surface area (Å²) in [7, 11) is 0.